The molecule has 0 heterocycles. The molecule has 0 amide bonds. The highest BCUT2D eigenvalue weighted by Crippen LogP contribution is 2.57. The first-order chi connectivity index (χ1) is 7.14. The molecule has 0 radical (unpaired) electrons. The lowest BCUT2D eigenvalue weighted by atomic mass is 9.52. The largest absolute Gasteiger partial charge is 0.390 e. The molecule has 0 saturated heterocycles. The highest BCUT2D eigenvalue weighted by Gasteiger charge is 2.52. The van der Waals surface area contributed by atoms with Gasteiger partial charge in [0.05, 0.1) is 5.60 Å². The molecule has 3 unspecified atom stereocenters. The molecule has 0 aromatic rings. The molecular formula is C15H28O. The average molecular weight is 224 g/mol. The quantitative estimate of drug-likeness (QED) is 0.714. The van der Waals surface area contributed by atoms with Crippen LogP contribution in [0.1, 0.15) is 66.7 Å². The Morgan fingerprint density at radius 3 is 2.12 bits per heavy atom. The Balaban J connectivity index is 2.23. The summed E-state index contributed by atoms with van der Waals surface area (Å²) in [4.78, 5) is 0. The summed E-state index contributed by atoms with van der Waals surface area (Å²) >= 11 is 0. The second-order valence-corrected chi connectivity index (χ2v) is 8.03. The van der Waals surface area contributed by atoms with Crippen LogP contribution in [0, 0.1) is 22.7 Å². The lowest BCUT2D eigenvalue weighted by molar-refractivity contribution is -0.138. The summed E-state index contributed by atoms with van der Waals surface area (Å²) in [5, 5.41) is 10.8. The Bertz CT molecular complexity index is 279. The van der Waals surface area contributed by atoms with Gasteiger partial charge in [0.15, 0.2) is 0 Å². The van der Waals surface area contributed by atoms with Gasteiger partial charge in [-0.1, -0.05) is 34.6 Å². The van der Waals surface area contributed by atoms with E-state index in [9.17, 15) is 5.11 Å². The van der Waals surface area contributed by atoms with E-state index in [0.29, 0.717) is 16.7 Å². The molecule has 0 aliphatic heterocycles. The second-order valence-electron chi connectivity index (χ2n) is 8.03. The zero-order chi connectivity index (χ0) is 12.2. The molecule has 0 aromatic carbocycles. The van der Waals surface area contributed by atoms with Crippen LogP contribution in [0.3, 0.4) is 0 Å². The van der Waals surface area contributed by atoms with E-state index in [4.69, 9.17) is 0 Å². The first-order valence-electron chi connectivity index (χ1n) is 6.87. The van der Waals surface area contributed by atoms with Crippen molar-refractivity contribution in [2.24, 2.45) is 22.7 Å². The second kappa shape index (κ2) is 3.48. The first kappa shape index (κ1) is 12.4. The smallest absolute Gasteiger partial charge is 0.0660 e. The van der Waals surface area contributed by atoms with E-state index in [1.807, 2.05) is 0 Å². The maximum atomic E-state index is 10.8. The Hall–Kier alpha value is -0.0400. The summed E-state index contributed by atoms with van der Waals surface area (Å²) in [6.45, 7) is 11.7. The Morgan fingerprint density at radius 2 is 1.62 bits per heavy atom. The Labute approximate surface area is 101 Å². The number of aliphatic hydroxyl groups is 1. The summed E-state index contributed by atoms with van der Waals surface area (Å²) in [5.41, 5.74) is 0.327. The topological polar surface area (TPSA) is 20.2 Å². The van der Waals surface area contributed by atoms with Crippen LogP contribution in [0.2, 0.25) is 0 Å². The van der Waals surface area contributed by atoms with Crippen LogP contribution in [0.15, 0.2) is 0 Å². The van der Waals surface area contributed by atoms with Gasteiger partial charge in [0.25, 0.3) is 0 Å². The maximum Gasteiger partial charge on any atom is 0.0660 e. The van der Waals surface area contributed by atoms with Gasteiger partial charge in [-0.25, -0.2) is 0 Å². The van der Waals surface area contributed by atoms with Crippen LogP contribution in [0.4, 0.5) is 0 Å². The van der Waals surface area contributed by atoms with Gasteiger partial charge in [0.1, 0.15) is 0 Å². The normalized spacial score (nSPS) is 47.1. The third kappa shape index (κ3) is 2.16. The van der Waals surface area contributed by atoms with Crippen LogP contribution in [-0.2, 0) is 0 Å². The van der Waals surface area contributed by atoms with E-state index in [0.717, 1.165) is 25.2 Å². The molecule has 2 aliphatic carbocycles. The lowest BCUT2D eigenvalue weighted by Gasteiger charge is -2.56. The van der Waals surface area contributed by atoms with Crippen molar-refractivity contribution in [1.29, 1.82) is 0 Å². The number of rotatable bonds is 1. The number of hydrogen-bond acceptors (Lipinski definition) is 1. The van der Waals surface area contributed by atoms with E-state index in [1.165, 1.54) is 12.8 Å². The molecule has 16 heavy (non-hydrogen) atoms. The molecule has 3 atom stereocenters. The first-order valence-corrected chi connectivity index (χ1v) is 6.87. The minimum absolute atomic E-state index is 0.343. The SMILES string of the molecule is CC(C)C1(C)CC2CC(C)(C)CC(O)(C2)C1. The standard InChI is InChI=1S/C15H28O/c1-11(2)14(5)7-12-6-13(3,4)9-15(16,8-12)10-14/h11-12,16H,6-10H2,1-5H3. The van der Waals surface area contributed by atoms with Gasteiger partial charge in [0, 0.05) is 0 Å². The van der Waals surface area contributed by atoms with Crippen LogP contribution < -0.4 is 0 Å². The monoisotopic (exact) mass is 224 g/mol. The van der Waals surface area contributed by atoms with Crippen molar-refractivity contribution >= 4 is 0 Å². The van der Waals surface area contributed by atoms with Gasteiger partial charge in [-0.3, -0.25) is 0 Å². The predicted octanol–water partition coefficient (Wildman–Crippen LogP) is 4.00. The van der Waals surface area contributed by atoms with Crippen LogP contribution in [0.25, 0.3) is 0 Å². The zero-order valence-corrected chi connectivity index (χ0v) is 11.6. The fourth-order valence-electron chi connectivity index (χ4n) is 4.63. The van der Waals surface area contributed by atoms with Gasteiger partial charge in [-0.2, -0.15) is 0 Å². The third-order valence-electron chi connectivity index (χ3n) is 5.20. The molecule has 2 rings (SSSR count). The van der Waals surface area contributed by atoms with Crippen molar-refractivity contribution in [3.05, 3.63) is 0 Å². The highest BCUT2D eigenvalue weighted by atomic mass is 16.3. The van der Waals surface area contributed by atoms with E-state index in [2.05, 4.69) is 34.6 Å². The number of hydrogen-bond donors (Lipinski definition) is 1. The van der Waals surface area contributed by atoms with Crippen LogP contribution in [-0.4, -0.2) is 10.7 Å². The average Bonchev–Trinajstić information content (AvgIpc) is 1.95. The van der Waals surface area contributed by atoms with Crippen molar-refractivity contribution in [1.82, 2.24) is 0 Å². The van der Waals surface area contributed by atoms with Crippen molar-refractivity contribution in [3.63, 3.8) is 0 Å². The predicted molar refractivity (Wildman–Crippen MR) is 68.3 cm³/mol. The summed E-state index contributed by atoms with van der Waals surface area (Å²) in [6.07, 6.45) is 5.68. The number of fused-ring (bicyclic) bond motifs is 2. The van der Waals surface area contributed by atoms with Crippen molar-refractivity contribution in [3.8, 4) is 0 Å². The molecule has 1 heteroatoms. The van der Waals surface area contributed by atoms with Gasteiger partial charge < -0.3 is 5.11 Å². The molecule has 2 fully saturated rings. The zero-order valence-electron chi connectivity index (χ0n) is 11.6. The molecule has 94 valence electrons. The van der Waals surface area contributed by atoms with Crippen LogP contribution >= 0.6 is 0 Å². The fourth-order valence-corrected chi connectivity index (χ4v) is 4.63. The summed E-state index contributed by atoms with van der Waals surface area (Å²) in [7, 11) is 0. The van der Waals surface area contributed by atoms with E-state index in [-0.39, 0.29) is 5.60 Å². The summed E-state index contributed by atoms with van der Waals surface area (Å²) < 4.78 is 0. The third-order valence-corrected chi connectivity index (χ3v) is 5.20. The van der Waals surface area contributed by atoms with Gasteiger partial charge in [-0.15, -0.1) is 0 Å². The van der Waals surface area contributed by atoms with Gasteiger partial charge in [-0.05, 0) is 54.8 Å². The molecule has 1 N–H and O–H groups in total. The lowest BCUT2D eigenvalue weighted by Crippen LogP contribution is -2.52. The Kier molecular flexibility index (Phi) is 2.70. The molecule has 2 bridgehead atoms. The van der Waals surface area contributed by atoms with Crippen molar-refractivity contribution in [2.75, 3.05) is 0 Å². The molecule has 1 nitrogen and oxygen atoms in total. The van der Waals surface area contributed by atoms with E-state index in [1.54, 1.807) is 0 Å². The van der Waals surface area contributed by atoms with E-state index >= 15 is 0 Å². The fraction of sp³-hybridized carbons (Fsp3) is 1.00. The summed E-state index contributed by atoms with van der Waals surface area (Å²) in [5.74, 6) is 1.43. The molecule has 2 aliphatic rings. The van der Waals surface area contributed by atoms with E-state index < -0.39 is 0 Å². The van der Waals surface area contributed by atoms with Gasteiger partial charge in [0.2, 0.25) is 0 Å². The van der Waals surface area contributed by atoms with Crippen LogP contribution in [0.5, 0.6) is 0 Å². The summed E-state index contributed by atoms with van der Waals surface area (Å²) in [6, 6.07) is 0. The molecule has 0 aromatic heterocycles. The highest BCUT2D eigenvalue weighted by molar-refractivity contribution is 5.03. The molecular weight excluding hydrogens is 196 g/mol. The van der Waals surface area contributed by atoms with Crippen molar-refractivity contribution < 1.29 is 5.11 Å². The Morgan fingerprint density at radius 1 is 1.00 bits per heavy atom. The minimum Gasteiger partial charge on any atom is -0.390 e. The molecule has 2 saturated carbocycles. The van der Waals surface area contributed by atoms with Crippen molar-refractivity contribution in [2.45, 2.75) is 72.3 Å². The molecule has 0 spiro atoms. The van der Waals surface area contributed by atoms with Gasteiger partial charge >= 0.3 is 0 Å². The minimum atomic E-state index is -0.371. The maximum absolute atomic E-state index is 10.8.